The SMILES string of the molecule is CC1(c2nc(CN)cs2)CCS(=O)(=O)CC1. The Morgan fingerprint density at radius 1 is 1.50 bits per heavy atom. The van der Waals surface area contributed by atoms with E-state index in [-0.39, 0.29) is 16.9 Å². The fourth-order valence-corrected chi connectivity index (χ4v) is 4.66. The van der Waals surface area contributed by atoms with Gasteiger partial charge in [0.1, 0.15) is 9.84 Å². The Morgan fingerprint density at radius 3 is 2.62 bits per heavy atom. The summed E-state index contributed by atoms with van der Waals surface area (Å²) >= 11 is 1.59. The van der Waals surface area contributed by atoms with Crippen molar-refractivity contribution in [1.82, 2.24) is 4.98 Å². The van der Waals surface area contributed by atoms with Gasteiger partial charge in [0.05, 0.1) is 22.2 Å². The number of hydrogen-bond acceptors (Lipinski definition) is 5. The zero-order chi connectivity index (χ0) is 11.8. The van der Waals surface area contributed by atoms with Crippen LogP contribution in [0.3, 0.4) is 0 Å². The Balaban J connectivity index is 2.20. The maximum Gasteiger partial charge on any atom is 0.150 e. The molecule has 0 aromatic carbocycles. The molecule has 0 amide bonds. The van der Waals surface area contributed by atoms with Gasteiger partial charge in [0, 0.05) is 17.3 Å². The van der Waals surface area contributed by atoms with Crippen LogP contribution in [-0.2, 0) is 21.8 Å². The minimum Gasteiger partial charge on any atom is -0.325 e. The zero-order valence-corrected chi connectivity index (χ0v) is 10.9. The maximum atomic E-state index is 11.4. The van der Waals surface area contributed by atoms with Gasteiger partial charge in [0.25, 0.3) is 0 Å². The number of nitrogens with zero attached hydrogens (tertiary/aromatic N) is 1. The summed E-state index contributed by atoms with van der Waals surface area (Å²) in [7, 11) is -2.81. The van der Waals surface area contributed by atoms with Crippen molar-refractivity contribution in [3.8, 4) is 0 Å². The molecule has 1 aliphatic heterocycles. The van der Waals surface area contributed by atoms with E-state index in [1.807, 2.05) is 5.38 Å². The van der Waals surface area contributed by atoms with Gasteiger partial charge in [-0.1, -0.05) is 6.92 Å². The van der Waals surface area contributed by atoms with Crippen molar-refractivity contribution in [3.05, 3.63) is 16.1 Å². The van der Waals surface area contributed by atoms with Gasteiger partial charge >= 0.3 is 0 Å². The lowest BCUT2D eigenvalue weighted by Crippen LogP contribution is -2.34. The molecule has 0 spiro atoms. The summed E-state index contributed by atoms with van der Waals surface area (Å²) in [6.07, 6.45) is 1.35. The van der Waals surface area contributed by atoms with Gasteiger partial charge in [0.2, 0.25) is 0 Å². The normalized spacial score (nSPS) is 23.1. The van der Waals surface area contributed by atoms with Crippen LogP contribution in [0.5, 0.6) is 0 Å². The zero-order valence-electron chi connectivity index (χ0n) is 9.27. The molecule has 1 aromatic rings. The van der Waals surface area contributed by atoms with E-state index in [1.165, 1.54) is 0 Å². The second kappa shape index (κ2) is 4.09. The van der Waals surface area contributed by atoms with Gasteiger partial charge in [-0.15, -0.1) is 11.3 Å². The molecule has 90 valence electrons. The van der Waals surface area contributed by atoms with E-state index in [1.54, 1.807) is 11.3 Å². The number of nitrogens with two attached hydrogens (primary N) is 1. The summed E-state index contributed by atoms with van der Waals surface area (Å²) in [5.74, 6) is 0.558. The van der Waals surface area contributed by atoms with Crippen LogP contribution >= 0.6 is 11.3 Å². The first kappa shape index (κ1) is 12.0. The fourth-order valence-electron chi connectivity index (χ4n) is 1.88. The molecule has 0 saturated carbocycles. The summed E-state index contributed by atoms with van der Waals surface area (Å²) < 4.78 is 22.8. The quantitative estimate of drug-likeness (QED) is 0.863. The Hall–Kier alpha value is -0.460. The van der Waals surface area contributed by atoms with Crippen LogP contribution in [0.15, 0.2) is 5.38 Å². The summed E-state index contributed by atoms with van der Waals surface area (Å²) in [5, 5.41) is 2.99. The molecule has 0 radical (unpaired) electrons. The van der Waals surface area contributed by atoms with Gasteiger partial charge in [-0.25, -0.2) is 13.4 Å². The van der Waals surface area contributed by atoms with Crippen molar-refractivity contribution in [2.45, 2.75) is 31.7 Å². The predicted octanol–water partition coefficient (Wildman–Crippen LogP) is 1.07. The molecule has 0 aliphatic carbocycles. The van der Waals surface area contributed by atoms with Crippen molar-refractivity contribution in [2.75, 3.05) is 11.5 Å². The molecule has 2 N–H and O–H groups in total. The van der Waals surface area contributed by atoms with E-state index in [9.17, 15) is 8.42 Å². The molecular formula is C10H16N2O2S2. The van der Waals surface area contributed by atoms with Gasteiger partial charge < -0.3 is 5.73 Å². The highest BCUT2D eigenvalue weighted by Crippen LogP contribution is 2.37. The van der Waals surface area contributed by atoms with Crippen LogP contribution in [0.1, 0.15) is 30.5 Å². The van der Waals surface area contributed by atoms with Crippen LogP contribution in [0.4, 0.5) is 0 Å². The molecule has 6 heteroatoms. The van der Waals surface area contributed by atoms with Crippen molar-refractivity contribution in [1.29, 1.82) is 0 Å². The Kier molecular flexibility index (Phi) is 3.07. The number of hydrogen-bond donors (Lipinski definition) is 1. The first-order chi connectivity index (χ1) is 7.45. The third-order valence-electron chi connectivity index (χ3n) is 3.21. The topological polar surface area (TPSA) is 73.0 Å². The highest BCUT2D eigenvalue weighted by molar-refractivity contribution is 7.91. The van der Waals surface area contributed by atoms with Gasteiger partial charge in [-0.3, -0.25) is 0 Å². The third kappa shape index (κ3) is 2.28. The van der Waals surface area contributed by atoms with Crippen LogP contribution in [0.2, 0.25) is 0 Å². The summed E-state index contributed by atoms with van der Waals surface area (Å²) in [6.45, 7) is 2.55. The monoisotopic (exact) mass is 260 g/mol. The average Bonchev–Trinajstić information content (AvgIpc) is 2.72. The fraction of sp³-hybridized carbons (Fsp3) is 0.700. The first-order valence-corrected chi connectivity index (χ1v) is 8.01. The van der Waals surface area contributed by atoms with Gasteiger partial charge in [0.15, 0.2) is 0 Å². The van der Waals surface area contributed by atoms with Crippen LogP contribution in [0.25, 0.3) is 0 Å². The van der Waals surface area contributed by atoms with Crippen LogP contribution in [-0.4, -0.2) is 24.9 Å². The lowest BCUT2D eigenvalue weighted by atomic mass is 9.85. The minimum absolute atomic E-state index is 0.0800. The predicted molar refractivity (Wildman–Crippen MR) is 65.2 cm³/mol. The number of thiazole rings is 1. The molecule has 2 rings (SSSR count). The lowest BCUT2D eigenvalue weighted by molar-refractivity contribution is 0.416. The molecule has 2 heterocycles. The minimum atomic E-state index is -2.81. The number of sulfone groups is 1. The van der Waals surface area contributed by atoms with Crippen molar-refractivity contribution in [3.63, 3.8) is 0 Å². The second-order valence-electron chi connectivity index (χ2n) is 4.56. The lowest BCUT2D eigenvalue weighted by Gasteiger charge is -2.31. The molecular weight excluding hydrogens is 244 g/mol. The highest BCUT2D eigenvalue weighted by Gasteiger charge is 2.36. The molecule has 1 aliphatic rings. The summed E-state index contributed by atoms with van der Waals surface area (Å²) in [4.78, 5) is 4.47. The number of aromatic nitrogens is 1. The molecule has 4 nitrogen and oxygen atoms in total. The molecule has 0 atom stereocenters. The number of rotatable bonds is 2. The van der Waals surface area contributed by atoms with Crippen LogP contribution < -0.4 is 5.73 Å². The van der Waals surface area contributed by atoms with E-state index in [2.05, 4.69) is 11.9 Å². The molecule has 1 fully saturated rings. The molecule has 1 saturated heterocycles. The largest absolute Gasteiger partial charge is 0.325 e. The Bertz CT molecular complexity index is 465. The van der Waals surface area contributed by atoms with Crippen molar-refractivity contribution >= 4 is 21.2 Å². The van der Waals surface area contributed by atoms with Gasteiger partial charge in [-0.2, -0.15) is 0 Å². The Morgan fingerprint density at radius 2 is 2.12 bits per heavy atom. The van der Waals surface area contributed by atoms with Crippen molar-refractivity contribution < 1.29 is 8.42 Å². The second-order valence-corrected chi connectivity index (χ2v) is 7.72. The van der Waals surface area contributed by atoms with E-state index < -0.39 is 9.84 Å². The first-order valence-electron chi connectivity index (χ1n) is 5.31. The maximum absolute atomic E-state index is 11.4. The van der Waals surface area contributed by atoms with E-state index >= 15 is 0 Å². The molecule has 1 aromatic heterocycles. The van der Waals surface area contributed by atoms with E-state index in [4.69, 9.17) is 5.73 Å². The van der Waals surface area contributed by atoms with E-state index in [0.717, 1.165) is 10.7 Å². The third-order valence-corrected chi connectivity index (χ3v) is 6.06. The Labute approximate surface area is 99.8 Å². The van der Waals surface area contributed by atoms with E-state index in [0.29, 0.717) is 19.4 Å². The molecule has 0 unspecified atom stereocenters. The van der Waals surface area contributed by atoms with Crippen LogP contribution in [0, 0.1) is 0 Å². The molecule has 0 bridgehead atoms. The molecule has 16 heavy (non-hydrogen) atoms. The summed E-state index contributed by atoms with van der Waals surface area (Å²) in [5.41, 5.74) is 6.35. The van der Waals surface area contributed by atoms with Crippen molar-refractivity contribution in [2.24, 2.45) is 5.73 Å². The van der Waals surface area contributed by atoms with Gasteiger partial charge in [-0.05, 0) is 12.8 Å². The highest BCUT2D eigenvalue weighted by atomic mass is 32.2. The standard InChI is InChI=1S/C10H16N2O2S2/c1-10(2-4-16(13,14)5-3-10)9-12-8(6-11)7-15-9/h7H,2-6,11H2,1H3. The summed E-state index contributed by atoms with van der Waals surface area (Å²) in [6, 6.07) is 0. The smallest absolute Gasteiger partial charge is 0.150 e. The average molecular weight is 260 g/mol.